The number of nitrogens with zero attached hydrogens (tertiary/aromatic N) is 1. The average Bonchev–Trinajstić information content (AvgIpc) is 2.71. The molecule has 102 valence electrons. The molecule has 5 nitrogen and oxygen atoms in total. The molecule has 2 heterocycles. The van der Waals surface area contributed by atoms with Gasteiger partial charge in [-0.15, -0.1) is 0 Å². The van der Waals surface area contributed by atoms with Crippen molar-refractivity contribution < 1.29 is 14.6 Å². The Bertz CT molecular complexity index is 657. The molecule has 1 aliphatic heterocycles. The van der Waals surface area contributed by atoms with Crippen molar-refractivity contribution in [2.45, 2.75) is 12.0 Å². The lowest BCUT2D eigenvalue weighted by atomic mass is 9.90. The Labute approximate surface area is 116 Å². The van der Waals surface area contributed by atoms with Gasteiger partial charge in [-0.05, 0) is 30.3 Å². The van der Waals surface area contributed by atoms with Crippen molar-refractivity contribution in [3.05, 3.63) is 53.9 Å². The summed E-state index contributed by atoms with van der Waals surface area (Å²) < 4.78 is 5.15. The number of ether oxygens (including phenoxy) is 1. The predicted molar refractivity (Wildman–Crippen MR) is 73.5 cm³/mol. The van der Waals surface area contributed by atoms with Gasteiger partial charge in [-0.3, -0.25) is 9.78 Å². The van der Waals surface area contributed by atoms with Gasteiger partial charge >= 0.3 is 0 Å². The number of hydrogen-bond donors (Lipinski definition) is 2. The van der Waals surface area contributed by atoms with Crippen LogP contribution in [0.15, 0.2) is 42.6 Å². The molecule has 3 rings (SSSR count). The molecule has 20 heavy (non-hydrogen) atoms. The summed E-state index contributed by atoms with van der Waals surface area (Å²) >= 11 is 0. The SMILES string of the molecule is COc1ccc2c(c1)C(O)(Cc1ccccn1)C(=O)N2. The molecule has 1 atom stereocenters. The lowest BCUT2D eigenvalue weighted by molar-refractivity contribution is -0.133. The zero-order valence-electron chi connectivity index (χ0n) is 11.0. The average molecular weight is 270 g/mol. The van der Waals surface area contributed by atoms with Crippen molar-refractivity contribution in [3.8, 4) is 5.75 Å². The van der Waals surface area contributed by atoms with Crippen molar-refractivity contribution in [3.63, 3.8) is 0 Å². The number of rotatable bonds is 3. The van der Waals surface area contributed by atoms with Gasteiger partial charge in [0.15, 0.2) is 5.60 Å². The van der Waals surface area contributed by atoms with E-state index in [1.165, 1.54) is 0 Å². The molecule has 2 aromatic rings. The number of methoxy groups -OCH3 is 1. The number of benzene rings is 1. The number of hydrogen-bond acceptors (Lipinski definition) is 4. The van der Waals surface area contributed by atoms with Gasteiger partial charge in [0, 0.05) is 29.6 Å². The third-order valence-corrected chi connectivity index (χ3v) is 3.46. The number of nitrogens with one attached hydrogen (secondary N) is 1. The molecule has 0 bridgehead atoms. The maximum atomic E-state index is 12.1. The quantitative estimate of drug-likeness (QED) is 0.886. The van der Waals surface area contributed by atoms with Crippen LogP contribution >= 0.6 is 0 Å². The summed E-state index contributed by atoms with van der Waals surface area (Å²) in [6, 6.07) is 10.5. The van der Waals surface area contributed by atoms with Crippen molar-refractivity contribution in [2.75, 3.05) is 12.4 Å². The van der Waals surface area contributed by atoms with Crippen LogP contribution in [0.5, 0.6) is 5.75 Å². The summed E-state index contributed by atoms with van der Waals surface area (Å²) in [6.07, 6.45) is 1.76. The Balaban J connectivity index is 2.03. The molecule has 1 aromatic heterocycles. The molecule has 0 radical (unpaired) electrons. The zero-order valence-corrected chi connectivity index (χ0v) is 11.0. The second-order valence-electron chi connectivity index (χ2n) is 4.72. The van der Waals surface area contributed by atoms with Crippen LogP contribution in [-0.4, -0.2) is 23.1 Å². The first-order valence-electron chi connectivity index (χ1n) is 6.26. The second-order valence-corrected chi connectivity index (χ2v) is 4.72. The fourth-order valence-electron chi connectivity index (χ4n) is 2.39. The highest BCUT2D eigenvalue weighted by atomic mass is 16.5. The van der Waals surface area contributed by atoms with E-state index in [1.54, 1.807) is 43.6 Å². The molecule has 2 N–H and O–H groups in total. The molecule has 0 spiro atoms. The fraction of sp³-hybridized carbons (Fsp3) is 0.200. The molecule has 1 aromatic carbocycles. The normalized spacial score (nSPS) is 20.4. The lowest BCUT2D eigenvalue weighted by Gasteiger charge is -2.20. The van der Waals surface area contributed by atoms with Crippen LogP contribution in [0.1, 0.15) is 11.3 Å². The predicted octanol–water partition coefficient (Wildman–Crippen LogP) is 1.47. The number of fused-ring (bicyclic) bond motifs is 1. The van der Waals surface area contributed by atoms with Gasteiger partial charge in [0.25, 0.3) is 5.91 Å². The summed E-state index contributed by atoms with van der Waals surface area (Å²) in [5.74, 6) is 0.158. The van der Waals surface area contributed by atoms with E-state index < -0.39 is 11.5 Å². The summed E-state index contributed by atoms with van der Waals surface area (Å²) in [7, 11) is 1.55. The number of carbonyl (C=O) groups excluding carboxylic acids is 1. The van der Waals surface area contributed by atoms with E-state index in [0.29, 0.717) is 22.7 Å². The van der Waals surface area contributed by atoms with E-state index in [-0.39, 0.29) is 6.42 Å². The van der Waals surface area contributed by atoms with Crippen LogP contribution in [0.2, 0.25) is 0 Å². The van der Waals surface area contributed by atoms with Gasteiger partial charge in [0.1, 0.15) is 5.75 Å². The third kappa shape index (κ3) is 1.92. The van der Waals surface area contributed by atoms with Crippen LogP contribution in [0.4, 0.5) is 5.69 Å². The number of carbonyl (C=O) groups is 1. The molecule has 1 amide bonds. The molecule has 5 heteroatoms. The summed E-state index contributed by atoms with van der Waals surface area (Å²) in [5.41, 5.74) is 0.167. The summed E-state index contributed by atoms with van der Waals surface area (Å²) in [5, 5.41) is 13.5. The van der Waals surface area contributed by atoms with Crippen LogP contribution in [0.25, 0.3) is 0 Å². The van der Waals surface area contributed by atoms with Crippen molar-refractivity contribution in [1.29, 1.82) is 0 Å². The second kappa shape index (κ2) is 4.61. The molecule has 0 fully saturated rings. The van der Waals surface area contributed by atoms with Gasteiger partial charge in [-0.2, -0.15) is 0 Å². The number of aliphatic hydroxyl groups is 1. The first-order chi connectivity index (χ1) is 9.63. The number of anilines is 1. The van der Waals surface area contributed by atoms with E-state index in [4.69, 9.17) is 4.74 Å². The molecule has 1 unspecified atom stereocenters. The smallest absolute Gasteiger partial charge is 0.261 e. The minimum absolute atomic E-state index is 0.125. The molecular weight excluding hydrogens is 256 g/mol. The Morgan fingerprint density at radius 2 is 2.20 bits per heavy atom. The number of aromatic nitrogens is 1. The minimum Gasteiger partial charge on any atom is -0.497 e. The summed E-state index contributed by atoms with van der Waals surface area (Å²) in [4.78, 5) is 16.3. The molecule has 0 aliphatic carbocycles. The molecule has 1 aliphatic rings. The van der Waals surface area contributed by atoms with E-state index in [0.717, 1.165) is 0 Å². The molecule has 0 saturated heterocycles. The minimum atomic E-state index is -1.61. The highest BCUT2D eigenvalue weighted by molar-refractivity contribution is 6.05. The van der Waals surface area contributed by atoms with Crippen LogP contribution in [-0.2, 0) is 16.8 Å². The number of amides is 1. The van der Waals surface area contributed by atoms with Gasteiger partial charge in [0.2, 0.25) is 0 Å². The van der Waals surface area contributed by atoms with Crippen molar-refractivity contribution in [2.24, 2.45) is 0 Å². The first-order valence-corrected chi connectivity index (χ1v) is 6.26. The maximum Gasteiger partial charge on any atom is 0.261 e. The van der Waals surface area contributed by atoms with Gasteiger partial charge in [0.05, 0.1) is 7.11 Å². The maximum absolute atomic E-state index is 12.1. The molecular formula is C15H14N2O3. The largest absolute Gasteiger partial charge is 0.497 e. The topological polar surface area (TPSA) is 71.5 Å². The van der Waals surface area contributed by atoms with E-state index in [1.807, 2.05) is 6.07 Å². The molecule has 0 saturated carbocycles. The van der Waals surface area contributed by atoms with Gasteiger partial charge in [-0.1, -0.05) is 6.07 Å². The van der Waals surface area contributed by atoms with Gasteiger partial charge in [-0.25, -0.2) is 0 Å². The Morgan fingerprint density at radius 3 is 2.90 bits per heavy atom. The zero-order chi connectivity index (χ0) is 14.2. The highest BCUT2D eigenvalue weighted by Crippen LogP contribution is 2.39. The van der Waals surface area contributed by atoms with Gasteiger partial charge < -0.3 is 15.2 Å². The Morgan fingerprint density at radius 1 is 1.35 bits per heavy atom. The van der Waals surface area contributed by atoms with E-state index in [9.17, 15) is 9.90 Å². The van der Waals surface area contributed by atoms with Crippen LogP contribution in [0, 0.1) is 0 Å². The first kappa shape index (κ1) is 12.6. The van der Waals surface area contributed by atoms with Crippen molar-refractivity contribution in [1.82, 2.24) is 4.98 Å². The van der Waals surface area contributed by atoms with E-state index >= 15 is 0 Å². The van der Waals surface area contributed by atoms with Crippen molar-refractivity contribution >= 4 is 11.6 Å². The highest BCUT2D eigenvalue weighted by Gasteiger charge is 2.45. The lowest BCUT2D eigenvalue weighted by Crippen LogP contribution is -2.36. The Kier molecular flexibility index (Phi) is 2.91. The monoisotopic (exact) mass is 270 g/mol. The summed E-state index contributed by atoms with van der Waals surface area (Å²) in [6.45, 7) is 0. The van der Waals surface area contributed by atoms with Crippen LogP contribution < -0.4 is 10.1 Å². The Hall–Kier alpha value is -2.40. The van der Waals surface area contributed by atoms with E-state index in [2.05, 4.69) is 10.3 Å². The third-order valence-electron chi connectivity index (χ3n) is 3.46. The van der Waals surface area contributed by atoms with Crippen LogP contribution in [0.3, 0.4) is 0 Å². The number of pyridine rings is 1. The fourth-order valence-corrected chi connectivity index (χ4v) is 2.39. The standard InChI is InChI=1S/C15H14N2O3/c1-20-11-5-6-13-12(8-11)15(19,14(18)17-13)9-10-4-2-3-7-16-10/h2-8,19H,9H2,1H3,(H,17,18).